The molecule has 1 rings (SSSR count). The van der Waals surface area contributed by atoms with Gasteiger partial charge in [-0.05, 0) is 25.7 Å². The standard InChI is InChI=1S/C11H18N2O3/c1-15-6-7-16-8-10(14)13-11(9-12)4-2-3-5-11/h2-8H2,1H3,(H,13,14). The summed E-state index contributed by atoms with van der Waals surface area (Å²) in [7, 11) is 1.58. The molecule has 5 heteroatoms. The molecule has 0 aromatic heterocycles. The summed E-state index contributed by atoms with van der Waals surface area (Å²) < 4.78 is 9.88. The molecule has 90 valence electrons. The van der Waals surface area contributed by atoms with Gasteiger partial charge in [-0.1, -0.05) is 0 Å². The van der Waals surface area contributed by atoms with Crippen molar-refractivity contribution in [3.63, 3.8) is 0 Å². The highest BCUT2D eigenvalue weighted by Gasteiger charge is 2.35. The fraction of sp³-hybridized carbons (Fsp3) is 0.818. The Hall–Kier alpha value is -1.12. The molecule has 1 N–H and O–H groups in total. The number of methoxy groups -OCH3 is 1. The highest BCUT2D eigenvalue weighted by molar-refractivity contribution is 5.78. The molecular formula is C11H18N2O3. The second-order valence-corrected chi connectivity index (χ2v) is 3.99. The normalized spacial score (nSPS) is 18.0. The third-order valence-corrected chi connectivity index (χ3v) is 2.71. The van der Waals surface area contributed by atoms with Crippen LogP contribution in [0.1, 0.15) is 25.7 Å². The van der Waals surface area contributed by atoms with E-state index in [2.05, 4.69) is 11.4 Å². The molecule has 16 heavy (non-hydrogen) atoms. The number of hydrogen-bond acceptors (Lipinski definition) is 4. The highest BCUT2D eigenvalue weighted by Crippen LogP contribution is 2.28. The molecule has 1 aliphatic rings. The topological polar surface area (TPSA) is 71.3 Å². The zero-order chi connectivity index (χ0) is 11.9. The largest absolute Gasteiger partial charge is 0.382 e. The van der Waals surface area contributed by atoms with Gasteiger partial charge in [-0.2, -0.15) is 5.26 Å². The lowest BCUT2D eigenvalue weighted by atomic mass is 10.00. The van der Waals surface area contributed by atoms with Crippen molar-refractivity contribution < 1.29 is 14.3 Å². The predicted octanol–water partition coefficient (Wildman–Crippen LogP) is 0.602. The highest BCUT2D eigenvalue weighted by atomic mass is 16.5. The van der Waals surface area contributed by atoms with Crippen molar-refractivity contribution in [1.82, 2.24) is 5.32 Å². The van der Waals surface area contributed by atoms with Gasteiger partial charge in [0.2, 0.25) is 5.91 Å². The smallest absolute Gasteiger partial charge is 0.247 e. The van der Waals surface area contributed by atoms with Crippen LogP contribution in [0.5, 0.6) is 0 Å². The summed E-state index contributed by atoms with van der Waals surface area (Å²) >= 11 is 0. The van der Waals surface area contributed by atoms with Gasteiger partial charge < -0.3 is 14.8 Å². The molecule has 5 nitrogen and oxygen atoms in total. The van der Waals surface area contributed by atoms with Gasteiger partial charge in [0.05, 0.1) is 19.3 Å². The predicted molar refractivity (Wildman–Crippen MR) is 57.6 cm³/mol. The van der Waals surface area contributed by atoms with E-state index in [1.807, 2.05) is 0 Å². The van der Waals surface area contributed by atoms with Crippen molar-refractivity contribution in [1.29, 1.82) is 5.26 Å². The molecule has 0 spiro atoms. The molecular weight excluding hydrogens is 208 g/mol. The number of rotatable bonds is 6. The third-order valence-electron chi connectivity index (χ3n) is 2.71. The Kier molecular flexibility index (Phi) is 5.23. The maximum Gasteiger partial charge on any atom is 0.247 e. The number of amides is 1. The fourth-order valence-corrected chi connectivity index (χ4v) is 1.85. The van der Waals surface area contributed by atoms with Crippen molar-refractivity contribution in [3.05, 3.63) is 0 Å². The van der Waals surface area contributed by atoms with Crippen LogP contribution in [0.2, 0.25) is 0 Å². The lowest BCUT2D eigenvalue weighted by Crippen LogP contribution is -2.46. The molecule has 1 amide bonds. The molecule has 0 atom stereocenters. The summed E-state index contributed by atoms with van der Waals surface area (Å²) in [6, 6.07) is 2.20. The van der Waals surface area contributed by atoms with Crippen molar-refractivity contribution >= 4 is 5.91 Å². The van der Waals surface area contributed by atoms with Crippen molar-refractivity contribution in [3.8, 4) is 6.07 Å². The number of carbonyl (C=O) groups excluding carboxylic acids is 1. The SMILES string of the molecule is COCCOCC(=O)NC1(C#N)CCCC1. The molecule has 0 aliphatic heterocycles. The fourth-order valence-electron chi connectivity index (χ4n) is 1.85. The lowest BCUT2D eigenvalue weighted by Gasteiger charge is -2.21. The summed E-state index contributed by atoms with van der Waals surface area (Å²) in [5, 5.41) is 11.8. The number of carbonyl (C=O) groups is 1. The van der Waals surface area contributed by atoms with Gasteiger partial charge in [-0.3, -0.25) is 4.79 Å². The Labute approximate surface area is 95.7 Å². The van der Waals surface area contributed by atoms with E-state index in [1.165, 1.54) is 0 Å². The van der Waals surface area contributed by atoms with E-state index < -0.39 is 5.54 Å². The van der Waals surface area contributed by atoms with E-state index >= 15 is 0 Å². The minimum atomic E-state index is -0.651. The van der Waals surface area contributed by atoms with Crippen molar-refractivity contribution in [2.75, 3.05) is 26.9 Å². The van der Waals surface area contributed by atoms with Gasteiger partial charge in [0, 0.05) is 7.11 Å². The Balaban J connectivity index is 2.25. The van der Waals surface area contributed by atoms with E-state index in [4.69, 9.17) is 14.7 Å². The van der Waals surface area contributed by atoms with Gasteiger partial charge in [0.1, 0.15) is 12.1 Å². The number of ether oxygens (including phenoxy) is 2. The van der Waals surface area contributed by atoms with Crippen LogP contribution in [-0.2, 0) is 14.3 Å². The maximum absolute atomic E-state index is 11.5. The molecule has 0 saturated heterocycles. The molecule has 0 unspecified atom stereocenters. The second-order valence-electron chi connectivity index (χ2n) is 3.99. The van der Waals surface area contributed by atoms with E-state index in [0.29, 0.717) is 13.2 Å². The van der Waals surface area contributed by atoms with Crippen LogP contribution in [0.15, 0.2) is 0 Å². The van der Waals surface area contributed by atoms with E-state index in [9.17, 15) is 4.79 Å². The first kappa shape index (κ1) is 12.9. The quantitative estimate of drug-likeness (QED) is 0.673. The van der Waals surface area contributed by atoms with Crippen LogP contribution in [0.25, 0.3) is 0 Å². The molecule has 0 bridgehead atoms. The van der Waals surface area contributed by atoms with Crippen LogP contribution >= 0.6 is 0 Å². The molecule has 0 radical (unpaired) electrons. The summed E-state index contributed by atoms with van der Waals surface area (Å²) in [4.78, 5) is 11.5. The van der Waals surface area contributed by atoms with Crippen LogP contribution in [0.3, 0.4) is 0 Å². The molecule has 1 saturated carbocycles. The number of nitrogens with zero attached hydrogens (tertiary/aromatic N) is 1. The van der Waals surface area contributed by atoms with Crippen LogP contribution in [0.4, 0.5) is 0 Å². The van der Waals surface area contributed by atoms with Crippen molar-refractivity contribution in [2.45, 2.75) is 31.2 Å². The van der Waals surface area contributed by atoms with E-state index in [-0.39, 0.29) is 12.5 Å². The van der Waals surface area contributed by atoms with Gasteiger partial charge in [-0.25, -0.2) is 0 Å². The zero-order valence-corrected chi connectivity index (χ0v) is 9.62. The minimum absolute atomic E-state index is 0.00715. The van der Waals surface area contributed by atoms with Gasteiger partial charge >= 0.3 is 0 Å². The first-order chi connectivity index (χ1) is 7.72. The molecule has 0 aromatic rings. The van der Waals surface area contributed by atoms with Crippen molar-refractivity contribution in [2.24, 2.45) is 0 Å². The van der Waals surface area contributed by atoms with Gasteiger partial charge in [0.15, 0.2) is 0 Å². The first-order valence-corrected chi connectivity index (χ1v) is 5.51. The average Bonchev–Trinajstić information content (AvgIpc) is 2.74. The second kappa shape index (κ2) is 6.46. The van der Waals surface area contributed by atoms with Crippen LogP contribution in [0, 0.1) is 11.3 Å². The van der Waals surface area contributed by atoms with E-state index in [1.54, 1.807) is 7.11 Å². The zero-order valence-electron chi connectivity index (χ0n) is 9.62. The average molecular weight is 226 g/mol. The summed E-state index contributed by atoms with van der Waals surface area (Å²) in [5.41, 5.74) is -0.651. The third kappa shape index (κ3) is 3.80. The Bertz CT molecular complexity index is 267. The monoisotopic (exact) mass is 226 g/mol. The Morgan fingerprint density at radius 3 is 2.69 bits per heavy atom. The molecule has 0 aromatic carbocycles. The van der Waals surface area contributed by atoms with E-state index in [0.717, 1.165) is 25.7 Å². The van der Waals surface area contributed by atoms with Crippen LogP contribution in [-0.4, -0.2) is 38.4 Å². The number of nitrogens with one attached hydrogen (secondary N) is 1. The lowest BCUT2D eigenvalue weighted by molar-refractivity contribution is -0.127. The molecule has 1 fully saturated rings. The summed E-state index contributed by atoms with van der Waals surface area (Å²) in [6.45, 7) is 0.854. The minimum Gasteiger partial charge on any atom is -0.382 e. The van der Waals surface area contributed by atoms with Gasteiger partial charge in [0.25, 0.3) is 0 Å². The van der Waals surface area contributed by atoms with Gasteiger partial charge in [-0.15, -0.1) is 0 Å². The maximum atomic E-state index is 11.5. The number of hydrogen-bond donors (Lipinski definition) is 1. The summed E-state index contributed by atoms with van der Waals surface area (Å²) in [5.74, 6) is -0.223. The number of nitriles is 1. The Morgan fingerprint density at radius 2 is 2.12 bits per heavy atom. The molecule has 1 aliphatic carbocycles. The Morgan fingerprint density at radius 1 is 1.44 bits per heavy atom. The summed E-state index contributed by atoms with van der Waals surface area (Å²) in [6.07, 6.45) is 3.48. The van der Waals surface area contributed by atoms with Crippen LogP contribution < -0.4 is 5.32 Å². The first-order valence-electron chi connectivity index (χ1n) is 5.51. The molecule has 0 heterocycles.